The molecule has 1 aromatic heterocycles. The molecular formula is C20H22CaO5. The van der Waals surface area contributed by atoms with Crippen molar-refractivity contribution in [3.8, 4) is 5.75 Å². The Morgan fingerprint density at radius 3 is 2.42 bits per heavy atom. The van der Waals surface area contributed by atoms with E-state index in [1.807, 2.05) is 18.2 Å². The second kappa shape index (κ2) is 8.91. The molecule has 0 aliphatic carbocycles. The summed E-state index contributed by atoms with van der Waals surface area (Å²) >= 11 is 0. The molecule has 0 saturated carbocycles. The molecule has 134 valence electrons. The third kappa shape index (κ3) is 4.80. The average molecular weight is 382 g/mol. The van der Waals surface area contributed by atoms with Crippen molar-refractivity contribution in [2.24, 2.45) is 0 Å². The summed E-state index contributed by atoms with van der Waals surface area (Å²) in [5, 5.41) is 20.1. The Bertz CT molecular complexity index is 883. The van der Waals surface area contributed by atoms with Gasteiger partial charge in [-0.3, -0.25) is 0 Å². The van der Waals surface area contributed by atoms with Crippen molar-refractivity contribution in [2.75, 3.05) is 6.61 Å². The molecule has 0 amide bonds. The summed E-state index contributed by atoms with van der Waals surface area (Å²) < 4.78 is 11.2. The van der Waals surface area contributed by atoms with Crippen LogP contribution in [0.5, 0.6) is 5.75 Å². The van der Waals surface area contributed by atoms with Gasteiger partial charge in [0, 0.05) is 5.39 Å². The first kappa shape index (κ1) is 20.8. The molecule has 0 aliphatic heterocycles. The molecule has 1 heterocycles. The minimum atomic E-state index is -0.991. The summed E-state index contributed by atoms with van der Waals surface area (Å²) in [6, 6.07) is 13.8. The van der Waals surface area contributed by atoms with E-state index in [1.165, 1.54) is 17.7 Å². The number of carboxylic acids is 1. The van der Waals surface area contributed by atoms with E-state index in [9.17, 15) is 9.90 Å². The molecule has 3 rings (SSSR count). The Balaban J connectivity index is 0.00000243. The molecule has 0 radical (unpaired) electrons. The Labute approximate surface area is 181 Å². The van der Waals surface area contributed by atoms with Crippen LogP contribution >= 0.6 is 0 Å². The molecule has 3 aromatic rings. The molecule has 0 fully saturated rings. The van der Waals surface area contributed by atoms with E-state index >= 15 is 0 Å². The van der Waals surface area contributed by atoms with E-state index in [0.717, 1.165) is 11.0 Å². The summed E-state index contributed by atoms with van der Waals surface area (Å²) in [6.45, 7) is 4.27. The van der Waals surface area contributed by atoms with Crippen molar-refractivity contribution < 1.29 is 24.2 Å². The Morgan fingerprint density at radius 2 is 1.81 bits per heavy atom. The first-order chi connectivity index (χ1) is 11.9. The van der Waals surface area contributed by atoms with Gasteiger partial charge in [0.1, 0.15) is 29.8 Å². The van der Waals surface area contributed by atoms with Gasteiger partial charge in [0.05, 0.1) is 5.56 Å². The van der Waals surface area contributed by atoms with Crippen molar-refractivity contribution in [2.45, 2.75) is 25.9 Å². The zero-order valence-electron chi connectivity index (χ0n) is 14.1. The van der Waals surface area contributed by atoms with Crippen LogP contribution in [-0.2, 0) is 0 Å². The first-order valence-corrected chi connectivity index (χ1v) is 8.11. The van der Waals surface area contributed by atoms with Gasteiger partial charge in [-0.15, -0.1) is 0 Å². The Kier molecular flexibility index (Phi) is 7.12. The predicted molar refractivity (Wildman–Crippen MR) is 103 cm³/mol. The van der Waals surface area contributed by atoms with Crippen LogP contribution in [0.3, 0.4) is 0 Å². The molecule has 2 N–H and O–H groups in total. The zero-order chi connectivity index (χ0) is 18.0. The molecule has 0 spiro atoms. The fourth-order valence-corrected chi connectivity index (χ4v) is 2.56. The molecule has 5 nitrogen and oxygen atoms in total. The number of carboxylic acid groups (broad SMARTS) is 1. The normalized spacial score (nSPS) is 12.0. The van der Waals surface area contributed by atoms with Gasteiger partial charge in [0.25, 0.3) is 0 Å². The number of aliphatic hydroxyl groups is 1. The number of aromatic carboxylic acids is 1. The SMILES string of the molecule is CC(C)c1ccc2oc(C(O)COc3ccc(C(=O)O)cc3)cc2c1.[CaH2]. The van der Waals surface area contributed by atoms with Crippen LogP contribution in [0.15, 0.2) is 52.9 Å². The van der Waals surface area contributed by atoms with Crippen LogP contribution in [0.1, 0.15) is 47.6 Å². The molecule has 0 bridgehead atoms. The van der Waals surface area contributed by atoms with Gasteiger partial charge in [0.2, 0.25) is 0 Å². The van der Waals surface area contributed by atoms with Crippen LogP contribution in [-0.4, -0.2) is 60.5 Å². The van der Waals surface area contributed by atoms with Crippen molar-refractivity contribution in [3.05, 3.63) is 65.4 Å². The van der Waals surface area contributed by atoms with Crippen LogP contribution in [0.25, 0.3) is 11.0 Å². The van der Waals surface area contributed by atoms with E-state index in [-0.39, 0.29) is 49.9 Å². The number of benzene rings is 2. The number of hydrogen-bond acceptors (Lipinski definition) is 4. The van der Waals surface area contributed by atoms with E-state index in [2.05, 4.69) is 19.9 Å². The maximum atomic E-state index is 10.8. The second-order valence-corrected chi connectivity index (χ2v) is 6.26. The number of furan rings is 1. The minimum absolute atomic E-state index is 0. The topological polar surface area (TPSA) is 79.9 Å². The summed E-state index contributed by atoms with van der Waals surface area (Å²) in [5.41, 5.74) is 2.12. The number of aliphatic hydroxyl groups excluding tert-OH is 1. The molecule has 0 aliphatic rings. The van der Waals surface area contributed by atoms with E-state index in [0.29, 0.717) is 17.4 Å². The molecule has 1 atom stereocenters. The van der Waals surface area contributed by atoms with Crippen LogP contribution in [0.4, 0.5) is 0 Å². The van der Waals surface area contributed by atoms with Gasteiger partial charge in [-0.2, -0.15) is 0 Å². The van der Waals surface area contributed by atoms with Gasteiger partial charge < -0.3 is 19.4 Å². The number of carbonyl (C=O) groups is 1. The summed E-state index contributed by atoms with van der Waals surface area (Å²) in [6.07, 6.45) is -0.908. The third-order valence-corrected chi connectivity index (χ3v) is 4.06. The molecule has 2 aromatic carbocycles. The maximum absolute atomic E-state index is 10.8. The number of ether oxygens (including phenoxy) is 1. The molecule has 6 heteroatoms. The van der Waals surface area contributed by atoms with Crippen molar-refractivity contribution >= 4 is 54.7 Å². The van der Waals surface area contributed by atoms with Crippen LogP contribution < -0.4 is 4.74 Å². The molecule has 26 heavy (non-hydrogen) atoms. The van der Waals surface area contributed by atoms with Crippen molar-refractivity contribution in [1.82, 2.24) is 0 Å². The fraction of sp³-hybridized carbons (Fsp3) is 0.250. The average Bonchev–Trinajstić information content (AvgIpc) is 3.03. The molecule has 1 unspecified atom stereocenters. The van der Waals surface area contributed by atoms with Crippen molar-refractivity contribution in [1.29, 1.82) is 0 Å². The summed E-state index contributed by atoms with van der Waals surface area (Å²) in [4.78, 5) is 10.8. The fourth-order valence-electron chi connectivity index (χ4n) is 2.56. The van der Waals surface area contributed by atoms with Crippen molar-refractivity contribution in [3.63, 3.8) is 0 Å². The van der Waals surface area contributed by atoms with Gasteiger partial charge >= 0.3 is 43.7 Å². The summed E-state index contributed by atoms with van der Waals surface area (Å²) in [5.74, 6) is 0.361. The first-order valence-electron chi connectivity index (χ1n) is 8.11. The number of rotatable bonds is 6. The van der Waals surface area contributed by atoms with Gasteiger partial charge in [-0.1, -0.05) is 19.9 Å². The Morgan fingerprint density at radius 1 is 1.12 bits per heavy atom. The monoisotopic (exact) mass is 382 g/mol. The Hall–Kier alpha value is -1.53. The number of hydrogen-bond donors (Lipinski definition) is 2. The van der Waals surface area contributed by atoms with E-state index in [1.54, 1.807) is 12.1 Å². The molecule has 0 saturated heterocycles. The van der Waals surface area contributed by atoms with Gasteiger partial charge in [-0.05, 0) is 53.9 Å². The summed E-state index contributed by atoms with van der Waals surface area (Å²) in [7, 11) is 0. The standard InChI is InChI=1S/C20H20O5.Ca.2H/c1-12(2)14-5-8-18-15(9-14)10-19(25-18)17(21)11-24-16-6-3-13(4-7-16)20(22)23;;;/h3-10,12,17,21H,11H2,1-2H3,(H,22,23);;;. The molecular weight excluding hydrogens is 360 g/mol. The second-order valence-electron chi connectivity index (χ2n) is 6.26. The van der Waals surface area contributed by atoms with E-state index in [4.69, 9.17) is 14.3 Å². The predicted octanol–water partition coefficient (Wildman–Crippen LogP) is 3.45. The van der Waals surface area contributed by atoms with Gasteiger partial charge in [0.15, 0.2) is 0 Å². The number of fused-ring (bicyclic) bond motifs is 1. The quantitative estimate of drug-likeness (QED) is 0.638. The van der Waals surface area contributed by atoms with Gasteiger partial charge in [-0.25, -0.2) is 4.79 Å². The third-order valence-electron chi connectivity index (χ3n) is 4.06. The van der Waals surface area contributed by atoms with Crippen LogP contribution in [0.2, 0.25) is 0 Å². The van der Waals surface area contributed by atoms with E-state index < -0.39 is 12.1 Å². The zero-order valence-corrected chi connectivity index (χ0v) is 14.1. The van der Waals surface area contributed by atoms with Crippen LogP contribution in [0, 0.1) is 0 Å².